The van der Waals surface area contributed by atoms with Gasteiger partial charge in [-0.15, -0.1) is 11.3 Å². The molecule has 2 rings (SSSR count). The van der Waals surface area contributed by atoms with Gasteiger partial charge in [0, 0.05) is 17.9 Å². The number of anilines is 1. The molecule has 0 fully saturated rings. The van der Waals surface area contributed by atoms with E-state index in [-0.39, 0.29) is 11.7 Å². The number of nitrogens with zero attached hydrogens (tertiary/aromatic N) is 1. The topological polar surface area (TPSA) is 59.1 Å². The van der Waals surface area contributed by atoms with E-state index in [1.807, 2.05) is 32.0 Å². The van der Waals surface area contributed by atoms with Crippen LogP contribution in [0.4, 0.5) is 5.13 Å². The van der Waals surface area contributed by atoms with Crippen LogP contribution < -0.4 is 5.32 Å². The second-order valence-electron chi connectivity index (χ2n) is 4.42. The van der Waals surface area contributed by atoms with Crippen LogP contribution in [0.25, 0.3) is 0 Å². The number of nitrogens with one attached hydrogen (secondary N) is 1. The van der Waals surface area contributed by atoms with Crippen molar-refractivity contribution in [2.75, 3.05) is 5.32 Å². The van der Waals surface area contributed by atoms with E-state index >= 15 is 0 Å². The molecule has 0 saturated carbocycles. The van der Waals surface area contributed by atoms with Gasteiger partial charge in [-0.1, -0.05) is 17.2 Å². The minimum Gasteiger partial charge on any atom is -0.298 e. The number of hydrogen-bond donors (Lipinski definition) is 1. The molecular formula is C14H14N2O2S. The Morgan fingerprint density at radius 2 is 1.79 bits per heavy atom. The number of rotatable bonds is 3. The van der Waals surface area contributed by atoms with Crippen molar-refractivity contribution < 1.29 is 9.59 Å². The van der Waals surface area contributed by atoms with Gasteiger partial charge in [-0.3, -0.25) is 14.9 Å². The first-order valence-electron chi connectivity index (χ1n) is 5.82. The van der Waals surface area contributed by atoms with Crippen LogP contribution in [0.5, 0.6) is 0 Å². The smallest absolute Gasteiger partial charge is 0.257 e. The Morgan fingerprint density at radius 3 is 2.32 bits per heavy atom. The van der Waals surface area contributed by atoms with Gasteiger partial charge in [-0.05, 0) is 26.0 Å². The molecule has 0 saturated heterocycles. The van der Waals surface area contributed by atoms with Crippen LogP contribution in [0.2, 0.25) is 0 Å². The Hall–Kier alpha value is -2.01. The first kappa shape index (κ1) is 13.4. The average molecular weight is 274 g/mol. The number of amides is 1. The van der Waals surface area contributed by atoms with E-state index in [4.69, 9.17) is 0 Å². The first-order chi connectivity index (χ1) is 8.95. The van der Waals surface area contributed by atoms with E-state index < -0.39 is 0 Å². The quantitative estimate of drug-likeness (QED) is 0.874. The van der Waals surface area contributed by atoms with E-state index in [2.05, 4.69) is 10.3 Å². The summed E-state index contributed by atoms with van der Waals surface area (Å²) in [5, 5.41) is 4.78. The van der Waals surface area contributed by atoms with E-state index in [1.54, 1.807) is 5.38 Å². The maximum Gasteiger partial charge on any atom is 0.257 e. The lowest BCUT2D eigenvalue weighted by atomic mass is 10.1. The van der Waals surface area contributed by atoms with Crippen molar-refractivity contribution in [1.29, 1.82) is 0 Å². The van der Waals surface area contributed by atoms with Crippen LogP contribution in [0.3, 0.4) is 0 Å². The SMILES string of the molecule is CC(=O)c1csc(NC(=O)c2cc(C)cc(C)c2)n1. The number of carbonyl (C=O) groups excluding carboxylic acids is 2. The highest BCUT2D eigenvalue weighted by Crippen LogP contribution is 2.17. The molecule has 4 nitrogen and oxygen atoms in total. The number of hydrogen-bond acceptors (Lipinski definition) is 4. The maximum atomic E-state index is 12.1. The van der Waals surface area contributed by atoms with Gasteiger partial charge >= 0.3 is 0 Å². The Morgan fingerprint density at radius 1 is 1.16 bits per heavy atom. The summed E-state index contributed by atoms with van der Waals surface area (Å²) in [4.78, 5) is 27.3. The Labute approximate surface area is 115 Å². The summed E-state index contributed by atoms with van der Waals surface area (Å²) >= 11 is 1.25. The van der Waals surface area contributed by atoms with Crippen LogP contribution in [-0.4, -0.2) is 16.7 Å². The highest BCUT2D eigenvalue weighted by Gasteiger charge is 2.11. The molecule has 0 spiro atoms. The predicted molar refractivity (Wildman–Crippen MR) is 76.0 cm³/mol. The van der Waals surface area contributed by atoms with Crippen molar-refractivity contribution in [3.63, 3.8) is 0 Å². The van der Waals surface area contributed by atoms with Gasteiger partial charge in [0.05, 0.1) is 0 Å². The minimum absolute atomic E-state index is 0.108. The summed E-state index contributed by atoms with van der Waals surface area (Å²) in [6, 6.07) is 5.65. The molecule has 0 radical (unpaired) electrons. The summed E-state index contributed by atoms with van der Waals surface area (Å²) in [7, 11) is 0. The van der Waals surface area contributed by atoms with Crippen LogP contribution >= 0.6 is 11.3 Å². The van der Waals surface area contributed by atoms with Gasteiger partial charge in [-0.2, -0.15) is 0 Å². The van der Waals surface area contributed by atoms with Crippen molar-refractivity contribution in [3.05, 3.63) is 46.0 Å². The normalized spacial score (nSPS) is 10.3. The summed E-state index contributed by atoms with van der Waals surface area (Å²) < 4.78 is 0. The third kappa shape index (κ3) is 3.26. The second kappa shape index (κ2) is 5.32. The summed E-state index contributed by atoms with van der Waals surface area (Å²) in [6.07, 6.45) is 0. The average Bonchev–Trinajstić information content (AvgIpc) is 2.76. The van der Waals surface area contributed by atoms with Crippen molar-refractivity contribution in [2.24, 2.45) is 0 Å². The Kier molecular flexibility index (Phi) is 3.76. The Bertz CT molecular complexity index is 626. The van der Waals surface area contributed by atoms with Crippen LogP contribution in [0.1, 0.15) is 38.9 Å². The molecule has 0 aliphatic heterocycles. The minimum atomic E-state index is -0.212. The summed E-state index contributed by atoms with van der Waals surface area (Å²) in [5.41, 5.74) is 3.04. The molecule has 0 atom stereocenters. The third-order valence-corrected chi connectivity index (χ3v) is 3.33. The third-order valence-electron chi connectivity index (χ3n) is 2.57. The molecule has 0 unspecified atom stereocenters. The number of carbonyl (C=O) groups is 2. The molecule has 0 aliphatic rings. The maximum absolute atomic E-state index is 12.1. The molecular weight excluding hydrogens is 260 g/mol. The number of aromatic nitrogens is 1. The number of Topliss-reactive ketones (excluding diaryl/α,β-unsaturated/α-hetero) is 1. The number of aryl methyl sites for hydroxylation is 2. The fourth-order valence-corrected chi connectivity index (χ4v) is 2.51. The standard InChI is InChI=1S/C14H14N2O2S/c1-8-4-9(2)6-11(5-8)13(18)16-14-15-12(7-19-14)10(3)17/h4-7H,1-3H3,(H,15,16,18). The fourth-order valence-electron chi connectivity index (χ4n) is 1.77. The molecule has 1 N–H and O–H groups in total. The van der Waals surface area contributed by atoms with Crippen molar-refractivity contribution in [1.82, 2.24) is 4.98 Å². The monoisotopic (exact) mass is 274 g/mol. The zero-order chi connectivity index (χ0) is 14.0. The van der Waals surface area contributed by atoms with Crippen molar-refractivity contribution >= 4 is 28.2 Å². The molecule has 1 amide bonds. The fraction of sp³-hybridized carbons (Fsp3) is 0.214. The van der Waals surface area contributed by atoms with Crippen LogP contribution in [-0.2, 0) is 0 Å². The summed E-state index contributed by atoms with van der Waals surface area (Å²) in [5.74, 6) is -0.320. The van der Waals surface area contributed by atoms with E-state index in [0.717, 1.165) is 11.1 Å². The molecule has 2 aromatic rings. The highest BCUT2D eigenvalue weighted by atomic mass is 32.1. The first-order valence-corrected chi connectivity index (χ1v) is 6.70. The molecule has 1 aromatic carbocycles. The van der Waals surface area contributed by atoms with Gasteiger partial charge in [0.2, 0.25) is 0 Å². The molecule has 5 heteroatoms. The van der Waals surface area contributed by atoms with E-state index in [0.29, 0.717) is 16.4 Å². The zero-order valence-corrected chi connectivity index (χ0v) is 11.8. The van der Waals surface area contributed by atoms with Gasteiger partial charge in [0.25, 0.3) is 5.91 Å². The van der Waals surface area contributed by atoms with Crippen molar-refractivity contribution in [3.8, 4) is 0 Å². The molecule has 1 heterocycles. The predicted octanol–water partition coefficient (Wildman–Crippen LogP) is 3.21. The van der Waals surface area contributed by atoms with Gasteiger partial charge in [0.15, 0.2) is 10.9 Å². The molecule has 0 aliphatic carbocycles. The Balaban J connectivity index is 2.18. The van der Waals surface area contributed by atoms with Gasteiger partial charge in [0.1, 0.15) is 5.69 Å². The molecule has 1 aromatic heterocycles. The lowest BCUT2D eigenvalue weighted by molar-refractivity contribution is 0.100. The lowest BCUT2D eigenvalue weighted by Gasteiger charge is -2.04. The van der Waals surface area contributed by atoms with E-state index in [9.17, 15) is 9.59 Å². The molecule has 0 bridgehead atoms. The van der Waals surface area contributed by atoms with Gasteiger partial charge < -0.3 is 0 Å². The van der Waals surface area contributed by atoms with Crippen molar-refractivity contribution in [2.45, 2.75) is 20.8 Å². The summed E-state index contributed by atoms with van der Waals surface area (Å²) in [6.45, 7) is 5.34. The molecule has 19 heavy (non-hydrogen) atoms. The number of ketones is 1. The van der Waals surface area contributed by atoms with E-state index in [1.165, 1.54) is 18.3 Å². The van der Waals surface area contributed by atoms with Gasteiger partial charge in [-0.25, -0.2) is 4.98 Å². The van der Waals surface area contributed by atoms with Crippen LogP contribution in [0.15, 0.2) is 23.6 Å². The number of thiazole rings is 1. The second-order valence-corrected chi connectivity index (χ2v) is 5.28. The zero-order valence-electron chi connectivity index (χ0n) is 11.0. The lowest BCUT2D eigenvalue weighted by Crippen LogP contribution is -2.12. The highest BCUT2D eigenvalue weighted by molar-refractivity contribution is 7.14. The molecule has 98 valence electrons. The largest absolute Gasteiger partial charge is 0.298 e. The van der Waals surface area contributed by atoms with Crippen LogP contribution in [0, 0.1) is 13.8 Å². The number of benzene rings is 1.